The molecular formula is C14H18N4. The molecule has 0 aliphatic rings. The van der Waals surface area contributed by atoms with Crippen molar-refractivity contribution in [2.24, 2.45) is 0 Å². The topological polar surface area (TPSA) is 64.7 Å². The second kappa shape index (κ2) is 4.72. The van der Waals surface area contributed by atoms with Gasteiger partial charge in [0.2, 0.25) is 0 Å². The van der Waals surface area contributed by atoms with Gasteiger partial charge in [0, 0.05) is 17.5 Å². The molecule has 0 spiro atoms. The van der Waals surface area contributed by atoms with Gasteiger partial charge in [0.25, 0.3) is 0 Å². The van der Waals surface area contributed by atoms with E-state index in [4.69, 9.17) is 5.73 Å². The number of aromatic nitrogens is 3. The molecule has 0 aliphatic heterocycles. The van der Waals surface area contributed by atoms with Gasteiger partial charge >= 0.3 is 0 Å². The lowest BCUT2D eigenvalue weighted by Crippen LogP contribution is -2.07. The molecule has 0 amide bonds. The first-order valence-corrected chi connectivity index (χ1v) is 6.06. The van der Waals surface area contributed by atoms with Crippen LogP contribution >= 0.6 is 0 Å². The zero-order valence-corrected chi connectivity index (χ0v) is 11.2. The predicted octanol–water partition coefficient (Wildman–Crippen LogP) is 2.86. The van der Waals surface area contributed by atoms with Gasteiger partial charge in [-0.2, -0.15) is 0 Å². The minimum atomic E-state index is 0.324. The van der Waals surface area contributed by atoms with E-state index in [1.165, 1.54) is 0 Å². The highest BCUT2D eigenvalue weighted by atomic mass is 15.0. The lowest BCUT2D eigenvalue weighted by molar-refractivity contribution is 0.835. The zero-order valence-electron chi connectivity index (χ0n) is 11.2. The molecule has 2 N–H and O–H groups in total. The number of hydrogen-bond acceptors (Lipinski definition) is 4. The summed E-state index contributed by atoms with van der Waals surface area (Å²) in [5.74, 6) is 1.47. The standard InChI is InChI=1S/C14H18N4/c1-8(2)12-10(4)17-14(18-13(12)15)11-7-9(3)5-6-16-11/h5-8H,1-4H3,(H2,15,17,18). The van der Waals surface area contributed by atoms with Crippen LogP contribution in [0.4, 0.5) is 5.82 Å². The van der Waals surface area contributed by atoms with Gasteiger partial charge in [-0.25, -0.2) is 9.97 Å². The van der Waals surface area contributed by atoms with Crippen LogP contribution in [0.2, 0.25) is 0 Å². The minimum Gasteiger partial charge on any atom is -0.383 e. The van der Waals surface area contributed by atoms with E-state index in [1.54, 1.807) is 6.20 Å². The third-order valence-corrected chi connectivity index (χ3v) is 2.89. The number of nitrogen functional groups attached to an aromatic ring is 1. The number of nitrogens with zero attached hydrogens (tertiary/aromatic N) is 3. The highest BCUT2D eigenvalue weighted by Gasteiger charge is 2.13. The first-order valence-electron chi connectivity index (χ1n) is 6.06. The van der Waals surface area contributed by atoms with Gasteiger partial charge < -0.3 is 5.73 Å². The van der Waals surface area contributed by atoms with Crippen LogP contribution in [0.1, 0.15) is 36.6 Å². The second-order valence-corrected chi connectivity index (χ2v) is 4.80. The first kappa shape index (κ1) is 12.5. The Morgan fingerprint density at radius 1 is 1.17 bits per heavy atom. The highest BCUT2D eigenvalue weighted by molar-refractivity contribution is 5.56. The van der Waals surface area contributed by atoms with Crippen LogP contribution in [-0.4, -0.2) is 15.0 Å². The summed E-state index contributed by atoms with van der Waals surface area (Å²) in [5, 5.41) is 0. The molecule has 4 nitrogen and oxygen atoms in total. The predicted molar refractivity (Wildman–Crippen MR) is 73.2 cm³/mol. The van der Waals surface area contributed by atoms with Gasteiger partial charge in [0.05, 0.1) is 0 Å². The molecule has 0 saturated carbocycles. The average Bonchev–Trinajstić information content (AvgIpc) is 2.27. The van der Waals surface area contributed by atoms with Gasteiger partial charge in [-0.15, -0.1) is 0 Å². The quantitative estimate of drug-likeness (QED) is 0.879. The summed E-state index contributed by atoms with van der Waals surface area (Å²) in [7, 11) is 0. The average molecular weight is 242 g/mol. The number of hydrogen-bond donors (Lipinski definition) is 1. The van der Waals surface area contributed by atoms with Crippen LogP contribution in [0, 0.1) is 13.8 Å². The molecule has 2 heterocycles. The summed E-state index contributed by atoms with van der Waals surface area (Å²) < 4.78 is 0. The number of nitrogens with two attached hydrogens (primary N) is 1. The van der Waals surface area contributed by atoms with Crippen LogP contribution < -0.4 is 5.73 Å². The fraction of sp³-hybridized carbons (Fsp3) is 0.357. The highest BCUT2D eigenvalue weighted by Crippen LogP contribution is 2.25. The van der Waals surface area contributed by atoms with Crippen molar-refractivity contribution in [2.75, 3.05) is 5.73 Å². The molecule has 0 fully saturated rings. The molecule has 0 aromatic carbocycles. The Labute approximate surface area is 107 Å². The van der Waals surface area contributed by atoms with Crippen LogP contribution in [-0.2, 0) is 0 Å². The SMILES string of the molecule is Cc1ccnc(-c2nc(C)c(C(C)C)c(N)n2)c1. The Morgan fingerprint density at radius 3 is 2.44 bits per heavy atom. The summed E-state index contributed by atoms with van der Waals surface area (Å²) in [4.78, 5) is 13.2. The van der Waals surface area contributed by atoms with Crippen LogP contribution in [0.3, 0.4) is 0 Å². The van der Waals surface area contributed by atoms with Crippen molar-refractivity contribution < 1.29 is 0 Å². The summed E-state index contributed by atoms with van der Waals surface area (Å²) >= 11 is 0. The first-order chi connectivity index (χ1) is 8.49. The lowest BCUT2D eigenvalue weighted by Gasteiger charge is -2.13. The molecule has 0 bridgehead atoms. The van der Waals surface area contributed by atoms with E-state index in [2.05, 4.69) is 28.8 Å². The van der Waals surface area contributed by atoms with Gasteiger partial charge in [-0.1, -0.05) is 13.8 Å². The third kappa shape index (κ3) is 2.32. The Hall–Kier alpha value is -1.97. The normalized spacial score (nSPS) is 10.9. The molecule has 0 unspecified atom stereocenters. The number of pyridine rings is 1. The van der Waals surface area contributed by atoms with Gasteiger partial charge in [0.15, 0.2) is 5.82 Å². The smallest absolute Gasteiger partial charge is 0.180 e. The number of rotatable bonds is 2. The Bertz CT molecular complexity index is 553. The van der Waals surface area contributed by atoms with E-state index in [9.17, 15) is 0 Å². The second-order valence-electron chi connectivity index (χ2n) is 4.80. The maximum atomic E-state index is 6.02. The molecule has 2 aromatic rings. The Kier molecular flexibility index (Phi) is 3.28. The number of aryl methyl sites for hydroxylation is 2. The van der Waals surface area contributed by atoms with E-state index < -0.39 is 0 Å². The van der Waals surface area contributed by atoms with Crippen molar-refractivity contribution in [3.05, 3.63) is 35.2 Å². The molecule has 2 aromatic heterocycles. The summed E-state index contributed by atoms with van der Waals surface area (Å²) in [6.07, 6.45) is 1.76. The summed E-state index contributed by atoms with van der Waals surface area (Å²) in [6.45, 7) is 8.16. The molecule has 4 heteroatoms. The fourth-order valence-electron chi connectivity index (χ4n) is 2.09. The summed E-state index contributed by atoms with van der Waals surface area (Å²) in [6, 6.07) is 3.91. The van der Waals surface area contributed by atoms with Crippen LogP contribution in [0.15, 0.2) is 18.3 Å². The third-order valence-electron chi connectivity index (χ3n) is 2.89. The van der Waals surface area contributed by atoms with Crippen molar-refractivity contribution in [2.45, 2.75) is 33.6 Å². The van der Waals surface area contributed by atoms with E-state index >= 15 is 0 Å². The van der Waals surface area contributed by atoms with Gasteiger partial charge in [0.1, 0.15) is 11.5 Å². The van der Waals surface area contributed by atoms with Gasteiger partial charge in [-0.3, -0.25) is 4.98 Å². The Balaban J connectivity index is 2.55. The minimum absolute atomic E-state index is 0.324. The monoisotopic (exact) mass is 242 g/mol. The molecule has 0 radical (unpaired) electrons. The zero-order chi connectivity index (χ0) is 13.3. The molecule has 0 saturated heterocycles. The largest absolute Gasteiger partial charge is 0.383 e. The molecular weight excluding hydrogens is 224 g/mol. The van der Waals surface area contributed by atoms with Crippen molar-refractivity contribution >= 4 is 5.82 Å². The summed E-state index contributed by atoms with van der Waals surface area (Å²) in [5.41, 5.74) is 9.86. The lowest BCUT2D eigenvalue weighted by atomic mass is 10.0. The van der Waals surface area contributed by atoms with Crippen molar-refractivity contribution in [1.82, 2.24) is 15.0 Å². The van der Waals surface area contributed by atoms with E-state index in [1.807, 2.05) is 26.0 Å². The van der Waals surface area contributed by atoms with E-state index in [0.29, 0.717) is 17.6 Å². The Morgan fingerprint density at radius 2 is 1.89 bits per heavy atom. The fourth-order valence-corrected chi connectivity index (χ4v) is 2.09. The number of anilines is 1. The molecule has 0 atom stereocenters. The molecule has 94 valence electrons. The van der Waals surface area contributed by atoms with Crippen molar-refractivity contribution in [3.63, 3.8) is 0 Å². The van der Waals surface area contributed by atoms with Crippen LogP contribution in [0.5, 0.6) is 0 Å². The molecule has 0 aliphatic carbocycles. The van der Waals surface area contributed by atoms with E-state index in [0.717, 1.165) is 22.5 Å². The van der Waals surface area contributed by atoms with Crippen LogP contribution in [0.25, 0.3) is 11.5 Å². The maximum absolute atomic E-state index is 6.02. The molecule has 2 rings (SSSR count). The van der Waals surface area contributed by atoms with Crippen molar-refractivity contribution in [3.8, 4) is 11.5 Å². The van der Waals surface area contributed by atoms with E-state index in [-0.39, 0.29) is 0 Å². The van der Waals surface area contributed by atoms with Gasteiger partial charge in [-0.05, 0) is 37.5 Å². The maximum Gasteiger partial charge on any atom is 0.180 e. The van der Waals surface area contributed by atoms with Crippen molar-refractivity contribution in [1.29, 1.82) is 0 Å². The molecule has 18 heavy (non-hydrogen) atoms.